The van der Waals surface area contributed by atoms with Gasteiger partial charge in [-0.2, -0.15) is 0 Å². The maximum atomic E-state index is 12.7. The van der Waals surface area contributed by atoms with E-state index in [-0.39, 0.29) is 23.3 Å². The second kappa shape index (κ2) is 12.7. The van der Waals surface area contributed by atoms with E-state index in [2.05, 4.69) is 5.32 Å². The van der Waals surface area contributed by atoms with Crippen molar-refractivity contribution in [3.05, 3.63) is 66.2 Å². The molecule has 0 heterocycles. The summed E-state index contributed by atoms with van der Waals surface area (Å²) in [6.07, 6.45) is 1.10. The molecule has 3 atom stereocenters. The molecule has 0 aliphatic heterocycles. The molecular weight excluding hydrogens is 428 g/mol. The first kappa shape index (κ1) is 26.0. The number of hydrogen-bond acceptors (Lipinski definition) is 5. The van der Waals surface area contributed by atoms with Gasteiger partial charge in [0.1, 0.15) is 6.10 Å². The third kappa shape index (κ3) is 7.41. The summed E-state index contributed by atoms with van der Waals surface area (Å²) in [4.78, 5) is 12.9. The third-order valence-electron chi connectivity index (χ3n) is 5.46. The largest absolute Gasteiger partial charge is 0.386 e. The zero-order chi connectivity index (χ0) is 23.6. The number of aliphatic hydroxyl groups is 1. The van der Waals surface area contributed by atoms with E-state index in [4.69, 9.17) is 4.74 Å². The predicted octanol–water partition coefficient (Wildman–Crippen LogP) is 2.98. The monoisotopic (exact) mass is 462 g/mol. The molecule has 0 spiro atoms. The Morgan fingerprint density at radius 2 is 1.66 bits per heavy atom. The summed E-state index contributed by atoms with van der Waals surface area (Å²) in [6, 6.07) is 16.9. The van der Waals surface area contributed by atoms with Crippen LogP contribution in [-0.2, 0) is 19.6 Å². The van der Waals surface area contributed by atoms with Gasteiger partial charge in [-0.3, -0.25) is 4.79 Å². The van der Waals surface area contributed by atoms with Gasteiger partial charge in [0.15, 0.2) is 0 Å². The molecule has 0 fully saturated rings. The summed E-state index contributed by atoms with van der Waals surface area (Å²) in [5.74, 6) is -0.430. The van der Waals surface area contributed by atoms with Crippen LogP contribution in [0.25, 0.3) is 0 Å². The minimum absolute atomic E-state index is 0.160. The number of hydrogen-bond donors (Lipinski definition) is 2. The van der Waals surface area contributed by atoms with Gasteiger partial charge in [-0.05, 0) is 30.5 Å². The molecule has 1 amide bonds. The van der Waals surface area contributed by atoms with Crippen molar-refractivity contribution < 1.29 is 23.1 Å². The van der Waals surface area contributed by atoms with E-state index >= 15 is 0 Å². The van der Waals surface area contributed by atoms with Gasteiger partial charge in [0.2, 0.25) is 15.9 Å². The van der Waals surface area contributed by atoms with Crippen LogP contribution in [0.2, 0.25) is 0 Å². The molecule has 2 aromatic rings. The number of rotatable bonds is 13. The Labute approximate surface area is 191 Å². The lowest BCUT2D eigenvalue weighted by Crippen LogP contribution is -2.44. The number of carbonyl (C=O) groups excluding carboxylic acids is 1. The molecule has 2 aromatic carbocycles. The molecule has 0 unspecified atom stereocenters. The number of nitrogens with zero attached hydrogens (tertiary/aromatic N) is 1. The maximum absolute atomic E-state index is 12.7. The lowest BCUT2D eigenvalue weighted by atomic mass is 9.99. The van der Waals surface area contributed by atoms with Crippen molar-refractivity contribution in [3.63, 3.8) is 0 Å². The van der Waals surface area contributed by atoms with Crippen LogP contribution in [0.5, 0.6) is 0 Å². The first-order valence-corrected chi connectivity index (χ1v) is 12.2. The molecule has 0 aliphatic carbocycles. The summed E-state index contributed by atoms with van der Waals surface area (Å²) in [5.41, 5.74) is 0.713. The van der Waals surface area contributed by atoms with Gasteiger partial charge < -0.3 is 15.2 Å². The van der Waals surface area contributed by atoms with Gasteiger partial charge in [0.05, 0.1) is 17.5 Å². The molecule has 0 saturated carbocycles. The molecule has 0 radical (unpaired) electrons. The highest BCUT2D eigenvalue weighted by Gasteiger charge is 2.25. The van der Waals surface area contributed by atoms with Crippen molar-refractivity contribution in [1.82, 2.24) is 9.62 Å². The van der Waals surface area contributed by atoms with Gasteiger partial charge in [0.25, 0.3) is 0 Å². The molecule has 2 rings (SSSR count). The van der Waals surface area contributed by atoms with E-state index in [0.29, 0.717) is 31.4 Å². The number of methoxy groups -OCH3 is 1. The maximum Gasteiger partial charge on any atom is 0.242 e. The molecule has 2 N–H and O–H groups in total. The highest BCUT2D eigenvalue weighted by Crippen LogP contribution is 2.19. The number of carbonyl (C=O) groups is 1. The fraction of sp³-hybridized carbons (Fsp3) is 0.458. The second-order valence-electron chi connectivity index (χ2n) is 7.96. The summed E-state index contributed by atoms with van der Waals surface area (Å²) in [5, 5.41) is 13.5. The van der Waals surface area contributed by atoms with E-state index in [1.54, 1.807) is 37.4 Å². The molecule has 32 heavy (non-hydrogen) atoms. The van der Waals surface area contributed by atoms with Crippen molar-refractivity contribution in [2.24, 2.45) is 5.92 Å². The Kier molecular flexibility index (Phi) is 10.3. The van der Waals surface area contributed by atoms with E-state index in [0.717, 1.165) is 0 Å². The molecular formula is C24H34N2O5S. The first-order valence-electron chi connectivity index (χ1n) is 10.8. The summed E-state index contributed by atoms with van der Waals surface area (Å²) in [7, 11) is -0.405. The van der Waals surface area contributed by atoms with Crippen LogP contribution in [0.4, 0.5) is 0 Å². The van der Waals surface area contributed by atoms with E-state index in [1.807, 2.05) is 37.3 Å². The number of amides is 1. The topological polar surface area (TPSA) is 95.9 Å². The Morgan fingerprint density at radius 3 is 2.25 bits per heavy atom. The minimum Gasteiger partial charge on any atom is -0.386 e. The van der Waals surface area contributed by atoms with E-state index in [9.17, 15) is 18.3 Å². The standard InChI is InChI=1S/C24H34N2O5S/c1-19(12-10-11-17-26(2)32(29,30)21-15-8-5-9-16-21)24(28)25-22(18-31-3)23(27)20-13-6-4-7-14-20/h4-9,13-16,19,22-23,27H,10-12,17-18H2,1-3H3,(H,25,28)/t19-,22+,23+/m1/s1. The Bertz CT molecular complexity index is 922. The van der Waals surface area contributed by atoms with Crippen LogP contribution in [0.3, 0.4) is 0 Å². The number of nitrogens with one attached hydrogen (secondary N) is 1. The average Bonchev–Trinajstić information content (AvgIpc) is 2.81. The van der Waals surface area contributed by atoms with Crippen LogP contribution in [0.15, 0.2) is 65.6 Å². The molecule has 0 aromatic heterocycles. The van der Waals surface area contributed by atoms with Crippen molar-refractivity contribution in [3.8, 4) is 0 Å². The predicted molar refractivity (Wildman–Crippen MR) is 124 cm³/mol. The van der Waals surface area contributed by atoms with E-state index in [1.165, 1.54) is 11.4 Å². The van der Waals surface area contributed by atoms with Crippen LogP contribution < -0.4 is 5.32 Å². The van der Waals surface area contributed by atoms with Crippen molar-refractivity contribution >= 4 is 15.9 Å². The van der Waals surface area contributed by atoms with Crippen LogP contribution in [-0.4, -0.2) is 57.1 Å². The molecule has 7 nitrogen and oxygen atoms in total. The second-order valence-corrected chi connectivity index (χ2v) is 10.0. The summed E-state index contributed by atoms with van der Waals surface area (Å²) < 4.78 is 31.6. The third-order valence-corrected chi connectivity index (χ3v) is 7.33. The summed E-state index contributed by atoms with van der Waals surface area (Å²) >= 11 is 0. The fourth-order valence-electron chi connectivity index (χ4n) is 3.41. The summed E-state index contributed by atoms with van der Waals surface area (Å²) in [6.45, 7) is 2.40. The SMILES string of the molecule is COC[C@H](NC(=O)[C@H](C)CCCCN(C)S(=O)(=O)c1ccccc1)[C@@H](O)c1ccccc1. The van der Waals surface area contributed by atoms with Gasteiger partial charge in [-0.1, -0.05) is 61.9 Å². The van der Waals surface area contributed by atoms with Crippen molar-refractivity contribution in [2.75, 3.05) is 27.3 Å². The number of benzene rings is 2. The van der Waals surface area contributed by atoms with Crippen LogP contribution in [0, 0.1) is 5.92 Å². The average molecular weight is 463 g/mol. The number of sulfonamides is 1. The Hall–Kier alpha value is -2.26. The lowest BCUT2D eigenvalue weighted by molar-refractivity contribution is -0.127. The molecule has 0 bridgehead atoms. The van der Waals surface area contributed by atoms with Gasteiger partial charge in [0, 0.05) is 26.6 Å². The molecule has 0 saturated heterocycles. The zero-order valence-corrected chi connectivity index (χ0v) is 19.8. The molecule has 176 valence electrons. The van der Waals surface area contributed by atoms with Gasteiger partial charge in [-0.25, -0.2) is 12.7 Å². The molecule has 8 heteroatoms. The molecule has 0 aliphatic rings. The fourth-order valence-corrected chi connectivity index (χ4v) is 4.64. The highest BCUT2D eigenvalue weighted by atomic mass is 32.2. The number of ether oxygens (including phenoxy) is 1. The van der Waals surface area contributed by atoms with Gasteiger partial charge in [-0.15, -0.1) is 0 Å². The smallest absolute Gasteiger partial charge is 0.242 e. The Morgan fingerprint density at radius 1 is 1.06 bits per heavy atom. The zero-order valence-electron chi connectivity index (χ0n) is 19.0. The normalized spacial score (nSPS) is 14.7. The quantitative estimate of drug-likeness (QED) is 0.446. The van der Waals surface area contributed by atoms with Crippen LogP contribution >= 0.6 is 0 Å². The van der Waals surface area contributed by atoms with E-state index < -0.39 is 22.2 Å². The number of unbranched alkanes of at least 4 members (excludes halogenated alkanes) is 1. The minimum atomic E-state index is -3.50. The lowest BCUT2D eigenvalue weighted by Gasteiger charge is -2.25. The van der Waals surface area contributed by atoms with Crippen molar-refractivity contribution in [2.45, 2.75) is 43.2 Å². The van der Waals surface area contributed by atoms with Crippen molar-refractivity contribution in [1.29, 1.82) is 0 Å². The van der Waals surface area contributed by atoms with Crippen LogP contribution in [0.1, 0.15) is 37.9 Å². The van der Waals surface area contributed by atoms with Gasteiger partial charge >= 0.3 is 0 Å². The highest BCUT2D eigenvalue weighted by molar-refractivity contribution is 7.89. The number of aliphatic hydroxyl groups excluding tert-OH is 1. The first-order chi connectivity index (χ1) is 15.3. The Balaban J connectivity index is 1.81.